The Labute approximate surface area is 90.0 Å². The van der Waals surface area contributed by atoms with E-state index in [-0.39, 0.29) is 5.69 Å². The minimum absolute atomic E-state index is 0.176. The molecule has 16 heavy (non-hydrogen) atoms. The fourth-order valence-corrected chi connectivity index (χ4v) is 1.23. The molecule has 0 amide bonds. The summed E-state index contributed by atoms with van der Waals surface area (Å²) in [4.78, 5) is 7.56. The van der Waals surface area contributed by atoms with Crippen LogP contribution >= 0.6 is 0 Å². The maximum atomic E-state index is 13.0. The van der Waals surface area contributed by atoms with Gasteiger partial charge in [0.1, 0.15) is 18.1 Å². The lowest BCUT2D eigenvalue weighted by molar-refractivity contribution is 0.509. The third-order valence-corrected chi connectivity index (χ3v) is 2.00. The molecule has 2 aromatic rings. The molecule has 0 aliphatic carbocycles. The molecule has 1 aromatic carbocycles. The Morgan fingerprint density at radius 1 is 1.06 bits per heavy atom. The first-order chi connectivity index (χ1) is 7.70. The number of hydrogen-bond donors (Lipinski definition) is 0. The van der Waals surface area contributed by atoms with Gasteiger partial charge >= 0.3 is 0 Å². The van der Waals surface area contributed by atoms with Crippen LogP contribution in [-0.4, -0.2) is 9.97 Å². The van der Waals surface area contributed by atoms with Gasteiger partial charge in [-0.1, -0.05) is 0 Å². The molecule has 0 N–H and O–H groups in total. The molecule has 0 bridgehead atoms. The number of rotatable bonds is 1. The maximum absolute atomic E-state index is 13.0. The lowest BCUT2D eigenvalue weighted by Gasteiger charge is -2.01. The van der Waals surface area contributed by atoms with Crippen molar-refractivity contribution in [2.24, 2.45) is 0 Å². The maximum Gasteiger partial charge on any atom is 0.159 e. The summed E-state index contributed by atoms with van der Waals surface area (Å²) in [7, 11) is 0. The van der Waals surface area contributed by atoms with Gasteiger partial charge in [-0.25, -0.2) is 18.7 Å². The molecule has 1 aromatic heterocycles. The van der Waals surface area contributed by atoms with Gasteiger partial charge in [-0.3, -0.25) is 0 Å². The second kappa shape index (κ2) is 4.03. The van der Waals surface area contributed by atoms with Crippen LogP contribution < -0.4 is 0 Å². The van der Waals surface area contributed by atoms with E-state index in [1.54, 1.807) is 0 Å². The van der Waals surface area contributed by atoms with Gasteiger partial charge < -0.3 is 0 Å². The van der Waals surface area contributed by atoms with E-state index in [4.69, 9.17) is 5.26 Å². The Bertz CT molecular complexity index is 576. The van der Waals surface area contributed by atoms with Crippen molar-refractivity contribution in [1.82, 2.24) is 9.97 Å². The zero-order valence-corrected chi connectivity index (χ0v) is 7.98. The summed E-state index contributed by atoms with van der Waals surface area (Å²) in [6.45, 7) is 0. The molecule has 1 heterocycles. The molecule has 0 saturated heterocycles. The Morgan fingerprint density at radius 2 is 1.88 bits per heavy atom. The highest BCUT2D eigenvalue weighted by Gasteiger charge is 2.06. The fourth-order valence-electron chi connectivity index (χ4n) is 1.23. The predicted octanol–water partition coefficient (Wildman–Crippen LogP) is 2.29. The summed E-state index contributed by atoms with van der Waals surface area (Å²) in [6, 6.07) is 6.68. The molecule has 78 valence electrons. The molecule has 0 radical (unpaired) electrons. The van der Waals surface area contributed by atoms with Gasteiger partial charge in [-0.2, -0.15) is 5.26 Å². The Balaban J connectivity index is 2.51. The second-order valence-electron chi connectivity index (χ2n) is 3.03. The van der Waals surface area contributed by atoms with E-state index in [0.717, 1.165) is 12.1 Å². The van der Waals surface area contributed by atoms with Crippen molar-refractivity contribution in [2.75, 3.05) is 0 Å². The van der Waals surface area contributed by atoms with Crippen LogP contribution in [0.1, 0.15) is 5.69 Å². The molecule has 0 aliphatic rings. The van der Waals surface area contributed by atoms with Crippen molar-refractivity contribution < 1.29 is 8.78 Å². The highest BCUT2D eigenvalue weighted by molar-refractivity contribution is 5.59. The monoisotopic (exact) mass is 217 g/mol. The first kappa shape index (κ1) is 10.2. The zero-order valence-electron chi connectivity index (χ0n) is 7.98. The highest BCUT2D eigenvalue weighted by atomic mass is 19.2. The van der Waals surface area contributed by atoms with Crippen molar-refractivity contribution >= 4 is 0 Å². The lowest BCUT2D eigenvalue weighted by Crippen LogP contribution is -1.90. The van der Waals surface area contributed by atoms with Gasteiger partial charge in [-0.15, -0.1) is 0 Å². The minimum atomic E-state index is -0.949. The van der Waals surface area contributed by atoms with Crippen molar-refractivity contribution in [3.05, 3.63) is 47.9 Å². The largest absolute Gasteiger partial charge is 0.236 e. The molecule has 2 rings (SSSR count). The van der Waals surface area contributed by atoms with Crippen LogP contribution in [-0.2, 0) is 0 Å². The Kier molecular flexibility index (Phi) is 2.56. The number of nitrogens with zero attached hydrogens (tertiary/aromatic N) is 3. The van der Waals surface area contributed by atoms with Gasteiger partial charge in [0, 0.05) is 11.6 Å². The molecule has 5 heteroatoms. The summed E-state index contributed by atoms with van der Waals surface area (Å²) in [5, 5.41) is 8.63. The summed E-state index contributed by atoms with van der Waals surface area (Å²) in [5.74, 6) is -1.87. The van der Waals surface area contributed by atoms with E-state index >= 15 is 0 Å². The van der Waals surface area contributed by atoms with Gasteiger partial charge in [0.2, 0.25) is 0 Å². The van der Waals surface area contributed by atoms with Crippen LogP contribution in [0.5, 0.6) is 0 Å². The standard InChI is InChI=1S/C11H5F2N3/c12-9-2-1-7(3-10(9)13)11-4-8(5-14)15-6-16-11/h1-4,6H. The topological polar surface area (TPSA) is 49.6 Å². The number of benzene rings is 1. The van der Waals surface area contributed by atoms with Crippen molar-refractivity contribution in [2.45, 2.75) is 0 Å². The van der Waals surface area contributed by atoms with Crippen molar-refractivity contribution in [1.29, 1.82) is 5.26 Å². The van der Waals surface area contributed by atoms with Crippen LogP contribution in [0.4, 0.5) is 8.78 Å². The molecule has 0 fully saturated rings. The van der Waals surface area contributed by atoms with E-state index in [0.29, 0.717) is 11.3 Å². The quantitative estimate of drug-likeness (QED) is 0.736. The van der Waals surface area contributed by atoms with Crippen LogP contribution in [0.25, 0.3) is 11.3 Å². The van der Waals surface area contributed by atoms with Gasteiger partial charge in [-0.05, 0) is 18.2 Å². The van der Waals surface area contributed by atoms with Gasteiger partial charge in [0.05, 0.1) is 5.69 Å². The highest BCUT2D eigenvalue weighted by Crippen LogP contribution is 2.19. The van der Waals surface area contributed by atoms with Gasteiger partial charge in [0.25, 0.3) is 0 Å². The average Bonchev–Trinajstić information content (AvgIpc) is 2.33. The van der Waals surface area contributed by atoms with Gasteiger partial charge in [0.15, 0.2) is 11.6 Å². The van der Waals surface area contributed by atoms with Crippen molar-refractivity contribution in [3.8, 4) is 17.3 Å². The lowest BCUT2D eigenvalue weighted by atomic mass is 10.1. The predicted molar refractivity (Wildman–Crippen MR) is 52.1 cm³/mol. The zero-order chi connectivity index (χ0) is 11.5. The van der Waals surface area contributed by atoms with E-state index < -0.39 is 11.6 Å². The molecular formula is C11H5F2N3. The van der Waals surface area contributed by atoms with Crippen molar-refractivity contribution in [3.63, 3.8) is 0 Å². The van der Waals surface area contributed by atoms with Crippen LogP contribution in [0.2, 0.25) is 0 Å². The second-order valence-corrected chi connectivity index (χ2v) is 3.03. The van der Waals surface area contributed by atoms with E-state index in [1.807, 2.05) is 6.07 Å². The van der Waals surface area contributed by atoms with E-state index in [9.17, 15) is 8.78 Å². The number of hydrogen-bond acceptors (Lipinski definition) is 3. The van der Waals surface area contributed by atoms with Crippen LogP contribution in [0.3, 0.4) is 0 Å². The first-order valence-electron chi connectivity index (χ1n) is 4.38. The molecule has 0 aliphatic heterocycles. The summed E-state index contributed by atoms with van der Waals surface area (Å²) < 4.78 is 25.7. The Morgan fingerprint density at radius 3 is 2.56 bits per heavy atom. The number of nitriles is 1. The molecular weight excluding hydrogens is 212 g/mol. The fraction of sp³-hybridized carbons (Fsp3) is 0. The third kappa shape index (κ3) is 1.86. The summed E-state index contributed by atoms with van der Waals surface area (Å²) in [5.41, 5.74) is 0.956. The normalized spacial score (nSPS) is 9.81. The molecule has 3 nitrogen and oxygen atoms in total. The number of aromatic nitrogens is 2. The first-order valence-corrected chi connectivity index (χ1v) is 4.38. The molecule has 0 unspecified atom stereocenters. The van der Waals surface area contributed by atoms with E-state index in [1.165, 1.54) is 18.5 Å². The smallest absolute Gasteiger partial charge is 0.159 e. The Hall–Kier alpha value is -2.35. The van der Waals surface area contributed by atoms with Crippen LogP contribution in [0, 0.1) is 23.0 Å². The number of halogens is 2. The third-order valence-electron chi connectivity index (χ3n) is 2.00. The van der Waals surface area contributed by atoms with E-state index in [2.05, 4.69) is 9.97 Å². The SMILES string of the molecule is N#Cc1cc(-c2ccc(F)c(F)c2)ncn1. The molecule has 0 spiro atoms. The van der Waals surface area contributed by atoms with Crippen LogP contribution in [0.15, 0.2) is 30.6 Å². The molecule has 0 atom stereocenters. The average molecular weight is 217 g/mol. The molecule has 0 saturated carbocycles. The summed E-state index contributed by atoms with van der Waals surface area (Å²) in [6.07, 6.45) is 1.20. The minimum Gasteiger partial charge on any atom is -0.236 e. The summed E-state index contributed by atoms with van der Waals surface area (Å²) >= 11 is 0.